The molecular formula is C9H15ClN4O. The molecule has 3 unspecified atom stereocenters. The molecule has 0 amide bonds. The normalized spacial score (nSPS) is 25.4. The molecular weight excluding hydrogens is 216 g/mol. The van der Waals surface area contributed by atoms with Gasteiger partial charge in [-0.2, -0.15) is 0 Å². The molecule has 1 aromatic rings. The number of hydrogen-bond donors (Lipinski definition) is 0. The third kappa shape index (κ3) is 2.13. The van der Waals surface area contributed by atoms with Crippen molar-refractivity contribution in [1.29, 1.82) is 0 Å². The Kier molecular flexibility index (Phi) is 3.21. The van der Waals surface area contributed by atoms with E-state index in [2.05, 4.69) is 22.4 Å². The summed E-state index contributed by atoms with van der Waals surface area (Å²) in [5.74, 6) is 1.22. The average Bonchev–Trinajstić information content (AvgIpc) is 2.88. The lowest BCUT2D eigenvalue weighted by atomic mass is 10.0. The van der Waals surface area contributed by atoms with E-state index in [4.69, 9.17) is 16.3 Å². The minimum atomic E-state index is -0.162. The Balaban J connectivity index is 2.16. The topological polar surface area (TPSA) is 52.8 Å². The molecule has 0 bridgehead atoms. The van der Waals surface area contributed by atoms with Gasteiger partial charge in [0, 0.05) is 12.5 Å². The standard InChI is InChI=1S/C9H15ClN4O/c1-6(10)9-11-12-13-14(9)7(2)8-3-4-15-5-8/h6-8H,3-5H2,1-2H3. The van der Waals surface area contributed by atoms with Crippen LogP contribution in [0.15, 0.2) is 0 Å². The van der Waals surface area contributed by atoms with Gasteiger partial charge in [0.2, 0.25) is 0 Å². The Bertz CT molecular complexity index is 322. The maximum atomic E-state index is 6.01. The summed E-state index contributed by atoms with van der Waals surface area (Å²) < 4.78 is 7.18. The van der Waals surface area contributed by atoms with Crippen molar-refractivity contribution in [2.45, 2.75) is 31.7 Å². The van der Waals surface area contributed by atoms with Crippen molar-refractivity contribution >= 4 is 11.6 Å². The third-order valence-electron chi connectivity index (χ3n) is 2.91. The van der Waals surface area contributed by atoms with E-state index in [9.17, 15) is 0 Å². The van der Waals surface area contributed by atoms with E-state index < -0.39 is 0 Å². The van der Waals surface area contributed by atoms with Crippen LogP contribution in [0.4, 0.5) is 0 Å². The quantitative estimate of drug-likeness (QED) is 0.740. The highest BCUT2D eigenvalue weighted by atomic mass is 35.5. The van der Waals surface area contributed by atoms with Gasteiger partial charge in [-0.3, -0.25) is 0 Å². The van der Waals surface area contributed by atoms with Crippen LogP contribution in [0.2, 0.25) is 0 Å². The first kappa shape index (κ1) is 10.8. The van der Waals surface area contributed by atoms with Crippen molar-refractivity contribution in [3.05, 3.63) is 5.82 Å². The van der Waals surface area contributed by atoms with Gasteiger partial charge in [-0.05, 0) is 30.7 Å². The molecule has 1 aromatic heterocycles. The van der Waals surface area contributed by atoms with Crippen molar-refractivity contribution in [1.82, 2.24) is 20.2 Å². The molecule has 15 heavy (non-hydrogen) atoms. The van der Waals surface area contributed by atoms with Gasteiger partial charge in [-0.1, -0.05) is 0 Å². The van der Waals surface area contributed by atoms with Gasteiger partial charge in [0.25, 0.3) is 0 Å². The maximum absolute atomic E-state index is 6.01. The molecule has 0 radical (unpaired) electrons. The lowest BCUT2D eigenvalue weighted by Gasteiger charge is -2.19. The molecule has 0 aromatic carbocycles. The summed E-state index contributed by atoms with van der Waals surface area (Å²) in [4.78, 5) is 0. The first-order valence-electron chi connectivity index (χ1n) is 5.19. The van der Waals surface area contributed by atoms with Crippen LogP contribution in [-0.2, 0) is 4.74 Å². The van der Waals surface area contributed by atoms with Crippen LogP contribution in [0, 0.1) is 5.92 Å². The molecule has 6 heteroatoms. The molecule has 1 fully saturated rings. The molecule has 1 aliphatic rings. The SMILES string of the molecule is CC(Cl)c1nnnn1C(C)C1CCOC1. The zero-order valence-electron chi connectivity index (χ0n) is 8.93. The fraction of sp³-hybridized carbons (Fsp3) is 0.889. The zero-order valence-corrected chi connectivity index (χ0v) is 9.68. The lowest BCUT2D eigenvalue weighted by molar-refractivity contribution is 0.172. The van der Waals surface area contributed by atoms with E-state index in [0.29, 0.717) is 5.92 Å². The van der Waals surface area contributed by atoms with Crippen molar-refractivity contribution < 1.29 is 4.74 Å². The monoisotopic (exact) mass is 230 g/mol. The summed E-state index contributed by atoms with van der Waals surface area (Å²) in [6, 6.07) is 0.249. The van der Waals surface area contributed by atoms with Crippen molar-refractivity contribution in [3.63, 3.8) is 0 Å². The fourth-order valence-corrected chi connectivity index (χ4v) is 2.03. The smallest absolute Gasteiger partial charge is 0.169 e. The molecule has 2 heterocycles. The van der Waals surface area contributed by atoms with Crippen LogP contribution in [-0.4, -0.2) is 33.4 Å². The molecule has 2 rings (SSSR count). The highest BCUT2D eigenvalue weighted by Crippen LogP contribution is 2.28. The second-order valence-electron chi connectivity index (χ2n) is 3.96. The summed E-state index contributed by atoms with van der Waals surface area (Å²) in [5, 5.41) is 11.4. The number of tetrazole rings is 1. The van der Waals surface area contributed by atoms with Crippen LogP contribution < -0.4 is 0 Å². The Labute approximate surface area is 93.7 Å². The number of aromatic nitrogens is 4. The Morgan fingerprint density at radius 3 is 2.93 bits per heavy atom. The fourth-order valence-electron chi connectivity index (χ4n) is 1.89. The second-order valence-corrected chi connectivity index (χ2v) is 4.62. The number of ether oxygens (including phenoxy) is 1. The van der Waals surface area contributed by atoms with Crippen molar-refractivity contribution in [2.24, 2.45) is 5.92 Å². The molecule has 1 aliphatic heterocycles. The van der Waals surface area contributed by atoms with E-state index in [1.807, 2.05) is 11.6 Å². The van der Waals surface area contributed by atoms with Gasteiger partial charge in [-0.25, -0.2) is 4.68 Å². The predicted molar refractivity (Wildman–Crippen MR) is 55.7 cm³/mol. The number of hydrogen-bond acceptors (Lipinski definition) is 4. The van der Waals surface area contributed by atoms with Crippen LogP contribution in [0.3, 0.4) is 0 Å². The average molecular weight is 231 g/mol. The summed E-state index contributed by atoms with van der Waals surface area (Å²) >= 11 is 6.01. The number of halogens is 1. The number of nitrogens with zero attached hydrogens (tertiary/aromatic N) is 4. The number of rotatable bonds is 3. The van der Waals surface area contributed by atoms with Gasteiger partial charge in [0.1, 0.15) is 0 Å². The predicted octanol–water partition coefficient (Wildman–Crippen LogP) is 1.57. The second kappa shape index (κ2) is 4.45. The van der Waals surface area contributed by atoms with Gasteiger partial charge < -0.3 is 4.74 Å². The molecule has 5 nitrogen and oxygen atoms in total. The highest BCUT2D eigenvalue weighted by molar-refractivity contribution is 6.20. The Hall–Kier alpha value is -0.680. The van der Waals surface area contributed by atoms with E-state index in [-0.39, 0.29) is 11.4 Å². The van der Waals surface area contributed by atoms with Crippen LogP contribution >= 0.6 is 11.6 Å². The minimum absolute atomic E-state index is 0.162. The molecule has 0 saturated carbocycles. The van der Waals surface area contributed by atoms with Crippen molar-refractivity contribution in [2.75, 3.05) is 13.2 Å². The highest BCUT2D eigenvalue weighted by Gasteiger charge is 2.27. The molecule has 0 spiro atoms. The summed E-state index contributed by atoms with van der Waals surface area (Å²) in [5.41, 5.74) is 0. The molecule has 3 atom stereocenters. The van der Waals surface area contributed by atoms with Crippen LogP contribution in [0.1, 0.15) is 37.5 Å². The Morgan fingerprint density at radius 2 is 2.33 bits per heavy atom. The maximum Gasteiger partial charge on any atom is 0.169 e. The lowest BCUT2D eigenvalue weighted by Crippen LogP contribution is -2.20. The van der Waals surface area contributed by atoms with Gasteiger partial charge >= 0.3 is 0 Å². The molecule has 0 aliphatic carbocycles. The first-order valence-corrected chi connectivity index (χ1v) is 5.63. The van der Waals surface area contributed by atoms with Crippen molar-refractivity contribution in [3.8, 4) is 0 Å². The summed E-state index contributed by atoms with van der Waals surface area (Å²) in [7, 11) is 0. The van der Waals surface area contributed by atoms with E-state index >= 15 is 0 Å². The largest absolute Gasteiger partial charge is 0.381 e. The summed E-state index contributed by atoms with van der Waals surface area (Å²) in [6.45, 7) is 5.61. The third-order valence-corrected chi connectivity index (χ3v) is 3.10. The molecule has 1 saturated heterocycles. The first-order chi connectivity index (χ1) is 7.20. The summed E-state index contributed by atoms with van der Waals surface area (Å²) in [6.07, 6.45) is 1.07. The van der Waals surface area contributed by atoms with E-state index in [1.54, 1.807) is 0 Å². The minimum Gasteiger partial charge on any atom is -0.381 e. The molecule has 84 valence electrons. The van der Waals surface area contributed by atoms with Gasteiger partial charge in [-0.15, -0.1) is 16.7 Å². The molecule has 0 N–H and O–H groups in total. The van der Waals surface area contributed by atoms with Gasteiger partial charge in [0.05, 0.1) is 18.0 Å². The van der Waals surface area contributed by atoms with Crippen LogP contribution in [0.5, 0.6) is 0 Å². The van der Waals surface area contributed by atoms with Gasteiger partial charge in [0.15, 0.2) is 5.82 Å². The number of alkyl halides is 1. The zero-order chi connectivity index (χ0) is 10.8. The Morgan fingerprint density at radius 1 is 1.53 bits per heavy atom. The van der Waals surface area contributed by atoms with E-state index in [1.165, 1.54) is 0 Å². The van der Waals surface area contributed by atoms with E-state index in [0.717, 1.165) is 25.5 Å². The van der Waals surface area contributed by atoms with Crippen LogP contribution in [0.25, 0.3) is 0 Å².